The molecule has 0 amide bonds. The van der Waals surface area contributed by atoms with Crippen LogP contribution in [0.4, 0.5) is 0 Å². The lowest BCUT2D eigenvalue weighted by atomic mass is 10.4. The second-order valence-electron chi connectivity index (χ2n) is 2.50. The molecule has 60 valence electrons. The van der Waals surface area contributed by atoms with Crippen molar-refractivity contribution in [3.8, 4) is 0 Å². The Kier molecular flexibility index (Phi) is 5.14. The summed E-state index contributed by atoms with van der Waals surface area (Å²) in [6.07, 6.45) is 2.65. The van der Waals surface area contributed by atoms with Crippen molar-refractivity contribution in [3.63, 3.8) is 0 Å². The Balaban J connectivity index is 0.000000810. The zero-order chi connectivity index (χ0) is 6.69. The van der Waals surface area contributed by atoms with Crippen molar-refractivity contribution >= 4 is 24.0 Å². The van der Waals surface area contributed by atoms with Gasteiger partial charge in [0.25, 0.3) is 0 Å². The average molecular weight is 182 g/mol. The highest BCUT2D eigenvalue weighted by atomic mass is 35.5. The van der Waals surface area contributed by atoms with Crippen LogP contribution in [0.25, 0.3) is 0 Å². The second-order valence-corrected chi connectivity index (χ2v) is 3.04. The molecule has 0 aromatic heterocycles. The number of halogens is 2. The van der Waals surface area contributed by atoms with E-state index >= 15 is 0 Å². The predicted octanol–water partition coefficient (Wildman–Crippen LogP) is 2.26. The fourth-order valence-electron chi connectivity index (χ4n) is 1.18. The van der Waals surface area contributed by atoms with Crippen LogP contribution in [0.2, 0.25) is 0 Å². The van der Waals surface area contributed by atoms with E-state index in [0.717, 1.165) is 11.6 Å². The van der Waals surface area contributed by atoms with Crippen molar-refractivity contribution in [2.75, 3.05) is 19.6 Å². The van der Waals surface area contributed by atoms with Gasteiger partial charge in [0, 0.05) is 11.6 Å². The van der Waals surface area contributed by atoms with Crippen LogP contribution in [0, 0.1) is 0 Å². The van der Waals surface area contributed by atoms with Crippen LogP contribution in [0.15, 0.2) is 11.6 Å². The Morgan fingerprint density at radius 2 is 1.90 bits per heavy atom. The van der Waals surface area contributed by atoms with Crippen LogP contribution in [0.5, 0.6) is 0 Å². The number of likely N-dealkylation sites (tertiary alicyclic amines) is 1. The molecule has 0 spiro atoms. The van der Waals surface area contributed by atoms with Crippen LogP contribution < -0.4 is 0 Å². The molecule has 0 aromatic carbocycles. The monoisotopic (exact) mass is 181 g/mol. The third-order valence-corrected chi connectivity index (χ3v) is 1.71. The maximum atomic E-state index is 5.62. The molecule has 0 aliphatic carbocycles. The number of hydrogen-bond acceptors (Lipinski definition) is 1. The normalized spacial score (nSPS) is 18.5. The first-order chi connectivity index (χ1) is 4.29. The van der Waals surface area contributed by atoms with Gasteiger partial charge in [-0.1, -0.05) is 18.2 Å². The van der Waals surface area contributed by atoms with Crippen LogP contribution in [0.3, 0.4) is 0 Å². The molecule has 0 radical (unpaired) electrons. The quantitative estimate of drug-likeness (QED) is 0.633. The Morgan fingerprint density at radius 3 is 2.30 bits per heavy atom. The van der Waals surface area contributed by atoms with Crippen molar-refractivity contribution in [1.29, 1.82) is 0 Å². The molecule has 1 nitrogen and oxygen atoms in total. The van der Waals surface area contributed by atoms with E-state index in [2.05, 4.69) is 11.5 Å². The number of rotatable bonds is 2. The topological polar surface area (TPSA) is 3.24 Å². The summed E-state index contributed by atoms with van der Waals surface area (Å²) in [4.78, 5) is 2.33. The van der Waals surface area contributed by atoms with Gasteiger partial charge in [-0.3, -0.25) is 4.90 Å². The summed E-state index contributed by atoms with van der Waals surface area (Å²) in [5.74, 6) is 0. The third kappa shape index (κ3) is 3.45. The first-order valence-corrected chi connectivity index (χ1v) is 3.72. The van der Waals surface area contributed by atoms with Crippen molar-refractivity contribution in [1.82, 2.24) is 4.90 Å². The molecule has 0 saturated carbocycles. The molecule has 3 heteroatoms. The van der Waals surface area contributed by atoms with E-state index < -0.39 is 0 Å². The largest absolute Gasteiger partial charge is 0.298 e. The van der Waals surface area contributed by atoms with Crippen LogP contribution in [-0.4, -0.2) is 24.5 Å². The van der Waals surface area contributed by atoms with Crippen LogP contribution in [-0.2, 0) is 0 Å². The van der Waals surface area contributed by atoms with Gasteiger partial charge in [0.1, 0.15) is 0 Å². The lowest BCUT2D eigenvalue weighted by Gasteiger charge is -2.11. The summed E-state index contributed by atoms with van der Waals surface area (Å²) in [7, 11) is 0. The number of nitrogens with zero attached hydrogens (tertiary/aromatic N) is 1. The Morgan fingerprint density at radius 1 is 1.40 bits per heavy atom. The minimum atomic E-state index is 0. The SMILES string of the molecule is C=C(Cl)CN1CCCC1.Cl. The van der Waals surface area contributed by atoms with Gasteiger partial charge in [-0.05, 0) is 25.9 Å². The van der Waals surface area contributed by atoms with E-state index in [0.29, 0.717) is 0 Å². The summed E-state index contributed by atoms with van der Waals surface area (Å²) in [6.45, 7) is 6.92. The highest BCUT2D eigenvalue weighted by molar-refractivity contribution is 6.29. The highest BCUT2D eigenvalue weighted by Crippen LogP contribution is 2.10. The smallest absolute Gasteiger partial charge is 0.0335 e. The first kappa shape index (κ1) is 10.3. The molecule has 0 aromatic rings. The minimum Gasteiger partial charge on any atom is -0.298 e. The fourth-order valence-corrected chi connectivity index (χ4v) is 1.35. The van der Waals surface area contributed by atoms with E-state index in [4.69, 9.17) is 11.6 Å². The summed E-state index contributed by atoms with van der Waals surface area (Å²) in [5.41, 5.74) is 0. The molecule has 1 fully saturated rings. The third-order valence-electron chi connectivity index (χ3n) is 1.59. The molecule has 1 heterocycles. The Labute approximate surface area is 73.4 Å². The van der Waals surface area contributed by atoms with Crippen molar-refractivity contribution in [2.45, 2.75) is 12.8 Å². The molecule has 10 heavy (non-hydrogen) atoms. The molecule has 1 aliphatic heterocycles. The van der Waals surface area contributed by atoms with Gasteiger partial charge in [-0.15, -0.1) is 12.4 Å². The molecule has 1 rings (SSSR count). The predicted molar refractivity (Wildman–Crippen MR) is 47.9 cm³/mol. The van der Waals surface area contributed by atoms with Gasteiger partial charge in [0.05, 0.1) is 0 Å². The molecule has 0 atom stereocenters. The zero-order valence-corrected chi connectivity index (χ0v) is 7.55. The summed E-state index contributed by atoms with van der Waals surface area (Å²) >= 11 is 5.62. The van der Waals surface area contributed by atoms with Crippen LogP contribution in [0.1, 0.15) is 12.8 Å². The maximum absolute atomic E-state index is 5.62. The van der Waals surface area contributed by atoms with E-state index in [9.17, 15) is 0 Å². The van der Waals surface area contributed by atoms with E-state index in [1.807, 2.05) is 0 Å². The van der Waals surface area contributed by atoms with Crippen molar-refractivity contribution < 1.29 is 0 Å². The van der Waals surface area contributed by atoms with Gasteiger partial charge in [0.2, 0.25) is 0 Å². The standard InChI is InChI=1S/C7H12ClN.ClH/c1-7(8)6-9-4-2-3-5-9;/h1-6H2;1H. The molecule has 0 bridgehead atoms. The van der Waals surface area contributed by atoms with Gasteiger partial charge in [-0.25, -0.2) is 0 Å². The van der Waals surface area contributed by atoms with E-state index in [1.165, 1.54) is 25.9 Å². The minimum absolute atomic E-state index is 0. The fraction of sp³-hybridized carbons (Fsp3) is 0.714. The summed E-state index contributed by atoms with van der Waals surface area (Å²) in [5, 5.41) is 0.761. The zero-order valence-electron chi connectivity index (χ0n) is 5.98. The van der Waals surface area contributed by atoms with Crippen LogP contribution >= 0.6 is 24.0 Å². The molecule has 1 aliphatic rings. The Bertz CT molecular complexity index is 108. The average Bonchev–Trinajstić information content (AvgIpc) is 2.15. The van der Waals surface area contributed by atoms with Crippen molar-refractivity contribution in [2.24, 2.45) is 0 Å². The lowest BCUT2D eigenvalue weighted by molar-refractivity contribution is 0.374. The lowest BCUT2D eigenvalue weighted by Crippen LogP contribution is -2.20. The van der Waals surface area contributed by atoms with E-state index in [-0.39, 0.29) is 12.4 Å². The molecule has 1 saturated heterocycles. The molecular formula is C7H13Cl2N. The molecule has 0 N–H and O–H groups in total. The summed E-state index contributed by atoms with van der Waals surface area (Å²) in [6, 6.07) is 0. The van der Waals surface area contributed by atoms with E-state index in [1.54, 1.807) is 0 Å². The van der Waals surface area contributed by atoms with Gasteiger partial charge >= 0.3 is 0 Å². The first-order valence-electron chi connectivity index (χ1n) is 3.34. The Hall–Kier alpha value is 0.280. The van der Waals surface area contributed by atoms with Crippen molar-refractivity contribution in [3.05, 3.63) is 11.6 Å². The summed E-state index contributed by atoms with van der Waals surface area (Å²) < 4.78 is 0. The van der Waals surface area contributed by atoms with Gasteiger partial charge in [0.15, 0.2) is 0 Å². The number of hydrogen-bond donors (Lipinski definition) is 0. The highest BCUT2D eigenvalue weighted by Gasteiger charge is 2.10. The van der Waals surface area contributed by atoms with Gasteiger partial charge in [-0.2, -0.15) is 0 Å². The second kappa shape index (κ2) is 5.00. The molecule has 0 unspecified atom stereocenters. The van der Waals surface area contributed by atoms with Gasteiger partial charge < -0.3 is 0 Å². The molecular weight excluding hydrogens is 169 g/mol. The maximum Gasteiger partial charge on any atom is 0.0335 e.